The fourth-order valence-electron chi connectivity index (χ4n) is 1.43. The first-order chi connectivity index (χ1) is 4.84. The van der Waals surface area contributed by atoms with Gasteiger partial charge in [-0.2, -0.15) is 0 Å². The SMILES string of the molecule is NSC(=O)C1CCCCC1. The molecule has 0 amide bonds. The normalized spacial score (nSPS) is 20.9. The summed E-state index contributed by atoms with van der Waals surface area (Å²) in [5, 5.41) is 5.35. The molecule has 0 aromatic heterocycles. The van der Waals surface area contributed by atoms with E-state index >= 15 is 0 Å². The van der Waals surface area contributed by atoms with Crippen LogP contribution in [0, 0.1) is 5.92 Å². The molecule has 2 N–H and O–H groups in total. The molecule has 0 bridgehead atoms. The smallest absolute Gasteiger partial charge is 0.206 e. The van der Waals surface area contributed by atoms with Crippen molar-refractivity contribution in [2.45, 2.75) is 32.1 Å². The average Bonchev–Trinajstić information content (AvgIpc) is 2.05. The molecule has 58 valence electrons. The number of nitrogens with two attached hydrogens (primary N) is 1. The van der Waals surface area contributed by atoms with E-state index in [9.17, 15) is 4.79 Å². The topological polar surface area (TPSA) is 43.1 Å². The summed E-state index contributed by atoms with van der Waals surface area (Å²) in [5.74, 6) is 0.267. The van der Waals surface area contributed by atoms with Gasteiger partial charge in [0.1, 0.15) is 0 Å². The van der Waals surface area contributed by atoms with Crippen LogP contribution < -0.4 is 5.14 Å². The minimum absolute atomic E-state index is 0.180. The van der Waals surface area contributed by atoms with Gasteiger partial charge in [-0.25, -0.2) is 0 Å². The van der Waals surface area contributed by atoms with Crippen LogP contribution in [0.25, 0.3) is 0 Å². The highest BCUT2D eigenvalue weighted by Gasteiger charge is 2.19. The zero-order valence-corrected chi connectivity index (χ0v) is 6.82. The van der Waals surface area contributed by atoms with E-state index in [-0.39, 0.29) is 11.0 Å². The molecule has 1 saturated carbocycles. The summed E-state index contributed by atoms with van der Waals surface area (Å²) in [6.45, 7) is 0. The highest BCUT2D eigenvalue weighted by atomic mass is 32.2. The monoisotopic (exact) mass is 159 g/mol. The molecule has 0 heterocycles. The second kappa shape index (κ2) is 3.98. The zero-order chi connectivity index (χ0) is 7.40. The van der Waals surface area contributed by atoms with Crippen molar-refractivity contribution in [3.8, 4) is 0 Å². The third kappa shape index (κ3) is 1.99. The molecule has 1 rings (SSSR count). The first-order valence-corrected chi connectivity index (χ1v) is 4.63. The van der Waals surface area contributed by atoms with Crippen LogP contribution in [0.4, 0.5) is 0 Å². The number of hydrogen-bond donors (Lipinski definition) is 1. The van der Waals surface area contributed by atoms with Crippen LogP contribution in [0.3, 0.4) is 0 Å². The zero-order valence-electron chi connectivity index (χ0n) is 6.01. The molecule has 10 heavy (non-hydrogen) atoms. The van der Waals surface area contributed by atoms with E-state index in [0.717, 1.165) is 24.8 Å². The van der Waals surface area contributed by atoms with Gasteiger partial charge < -0.3 is 0 Å². The van der Waals surface area contributed by atoms with Gasteiger partial charge in [0.15, 0.2) is 0 Å². The van der Waals surface area contributed by atoms with Gasteiger partial charge in [0.2, 0.25) is 5.12 Å². The van der Waals surface area contributed by atoms with E-state index in [1.165, 1.54) is 19.3 Å². The van der Waals surface area contributed by atoms with Gasteiger partial charge in [0.05, 0.1) is 0 Å². The molecule has 0 unspecified atom stereocenters. The Bertz CT molecular complexity index is 121. The molecule has 3 heteroatoms. The summed E-state index contributed by atoms with van der Waals surface area (Å²) >= 11 is 0.892. The highest BCUT2D eigenvalue weighted by Crippen LogP contribution is 2.26. The quantitative estimate of drug-likeness (QED) is 0.592. The van der Waals surface area contributed by atoms with E-state index in [4.69, 9.17) is 5.14 Å². The predicted molar refractivity (Wildman–Crippen MR) is 43.4 cm³/mol. The van der Waals surface area contributed by atoms with Crippen LogP contribution in [0.15, 0.2) is 0 Å². The number of carbonyl (C=O) groups excluding carboxylic acids is 1. The van der Waals surface area contributed by atoms with Crippen LogP contribution in [-0.4, -0.2) is 5.12 Å². The largest absolute Gasteiger partial charge is 0.286 e. The summed E-state index contributed by atoms with van der Waals surface area (Å²) in [5.41, 5.74) is 0. The molecule has 0 aromatic rings. The molecule has 0 aliphatic heterocycles. The maximum absolute atomic E-state index is 11.0. The molecule has 0 atom stereocenters. The lowest BCUT2D eigenvalue weighted by atomic mass is 9.90. The predicted octanol–water partition coefficient (Wildman–Crippen LogP) is 1.70. The Hall–Kier alpha value is -0.0200. The summed E-state index contributed by atoms with van der Waals surface area (Å²) < 4.78 is 0. The van der Waals surface area contributed by atoms with Crippen LogP contribution in [0.5, 0.6) is 0 Å². The Morgan fingerprint density at radius 1 is 1.30 bits per heavy atom. The van der Waals surface area contributed by atoms with Crippen molar-refractivity contribution in [2.24, 2.45) is 11.1 Å². The molecule has 0 aromatic carbocycles. The molecule has 2 nitrogen and oxygen atoms in total. The Morgan fingerprint density at radius 3 is 2.40 bits per heavy atom. The van der Waals surface area contributed by atoms with Gasteiger partial charge in [-0.15, -0.1) is 0 Å². The number of hydrogen-bond acceptors (Lipinski definition) is 3. The third-order valence-electron chi connectivity index (χ3n) is 2.05. The van der Waals surface area contributed by atoms with E-state index in [1.54, 1.807) is 0 Å². The fourth-order valence-corrected chi connectivity index (χ4v) is 1.86. The summed E-state index contributed by atoms with van der Waals surface area (Å²) in [7, 11) is 0. The Balaban J connectivity index is 2.31. The standard InChI is InChI=1S/C7H13NOS/c8-10-7(9)6-4-2-1-3-5-6/h6H,1-5,8H2. The van der Waals surface area contributed by atoms with Crippen molar-refractivity contribution >= 4 is 17.1 Å². The van der Waals surface area contributed by atoms with Gasteiger partial charge in [0, 0.05) is 5.92 Å². The maximum Gasteiger partial charge on any atom is 0.206 e. The van der Waals surface area contributed by atoms with Crippen molar-refractivity contribution in [1.82, 2.24) is 0 Å². The van der Waals surface area contributed by atoms with Crippen molar-refractivity contribution < 1.29 is 4.79 Å². The number of rotatable bonds is 1. The van der Waals surface area contributed by atoms with Gasteiger partial charge in [-0.05, 0) is 24.8 Å². The third-order valence-corrected chi connectivity index (χ3v) is 2.62. The molecule has 0 spiro atoms. The lowest BCUT2D eigenvalue weighted by Crippen LogP contribution is -2.15. The van der Waals surface area contributed by atoms with Crippen LogP contribution in [0.2, 0.25) is 0 Å². The van der Waals surface area contributed by atoms with E-state index in [0.29, 0.717) is 0 Å². The molecule has 1 aliphatic carbocycles. The van der Waals surface area contributed by atoms with Crippen molar-refractivity contribution in [3.05, 3.63) is 0 Å². The molecule has 1 fully saturated rings. The van der Waals surface area contributed by atoms with Gasteiger partial charge in [0.25, 0.3) is 0 Å². The Morgan fingerprint density at radius 2 is 1.90 bits per heavy atom. The molecular formula is C7H13NOS. The van der Waals surface area contributed by atoms with Crippen molar-refractivity contribution in [1.29, 1.82) is 0 Å². The van der Waals surface area contributed by atoms with Gasteiger partial charge >= 0.3 is 0 Å². The van der Waals surface area contributed by atoms with E-state index < -0.39 is 0 Å². The van der Waals surface area contributed by atoms with E-state index in [2.05, 4.69) is 0 Å². The lowest BCUT2D eigenvalue weighted by molar-refractivity contribution is -0.115. The summed E-state index contributed by atoms with van der Waals surface area (Å²) in [4.78, 5) is 11.0. The molecular weight excluding hydrogens is 146 g/mol. The van der Waals surface area contributed by atoms with Crippen molar-refractivity contribution in [3.63, 3.8) is 0 Å². The van der Waals surface area contributed by atoms with Crippen LogP contribution in [-0.2, 0) is 4.79 Å². The van der Waals surface area contributed by atoms with Crippen LogP contribution in [0.1, 0.15) is 32.1 Å². The minimum atomic E-state index is 0.180. The minimum Gasteiger partial charge on any atom is -0.286 e. The highest BCUT2D eigenvalue weighted by molar-refractivity contribution is 8.11. The Kier molecular flexibility index (Phi) is 3.22. The average molecular weight is 159 g/mol. The van der Waals surface area contributed by atoms with Crippen LogP contribution >= 0.6 is 11.9 Å². The summed E-state index contributed by atoms with van der Waals surface area (Å²) in [6.07, 6.45) is 5.82. The molecule has 0 radical (unpaired) electrons. The second-order valence-electron chi connectivity index (χ2n) is 2.77. The summed E-state index contributed by atoms with van der Waals surface area (Å²) in [6, 6.07) is 0. The lowest BCUT2D eigenvalue weighted by Gasteiger charge is -2.18. The molecule has 1 aliphatic rings. The van der Waals surface area contributed by atoms with Gasteiger partial charge in [-0.1, -0.05) is 19.3 Å². The van der Waals surface area contributed by atoms with Crippen molar-refractivity contribution in [2.75, 3.05) is 0 Å². The van der Waals surface area contributed by atoms with Gasteiger partial charge in [-0.3, -0.25) is 9.93 Å². The fraction of sp³-hybridized carbons (Fsp3) is 0.857. The first kappa shape index (κ1) is 8.08. The first-order valence-electron chi connectivity index (χ1n) is 3.75. The molecule has 0 saturated heterocycles. The van der Waals surface area contributed by atoms with E-state index in [1.807, 2.05) is 0 Å². The second-order valence-corrected chi connectivity index (χ2v) is 3.41. The Labute approximate surface area is 65.7 Å². The maximum atomic E-state index is 11.0. The number of carbonyl (C=O) groups is 1.